The van der Waals surface area contributed by atoms with Gasteiger partial charge >= 0.3 is 0 Å². The summed E-state index contributed by atoms with van der Waals surface area (Å²) in [5, 5.41) is 2.65. The fraction of sp³-hybridized carbons (Fsp3) is 0.188. The SMILES string of the molecule is COc1ccc(SC(C)C(=O)Nc2cccc(N)c2)cc1. The Bertz CT molecular complexity index is 614. The van der Waals surface area contributed by atoms with Gasteiger partial charge in [-0.2, -0.15) is 0 Å². The summed E-state index contributed by atoms with van der Waals surface area (Å²) in [7, 11) is 1.63. The highest BCUT2D eigenvalue weighted by Crippen LogP contribution is 2.26. The monoisotopic (exact) mass is 302 g/mol. The summed E-state index contributed by atoms with van der Waals surface area (Å²) in [5.41, 5.74) is 7.03. The molecule has 0 spiro atoms. The molecule has 5 heteroatoms. The maximum absolute atomic E-state index is 12.2. The van der Waals surface area contributed by atoms with Crippen molar-refractivity contribution in [3.05, 3.63) is 48.5 Å². The molecular formula is C16H18N2O2S. The predicted molar refractivity (Wildman–Crippen MR) is 87.8 cm³/mol. The number of nitrogen functional groups attached to an aromatic ring is 1. The molecule has 0 radical (unpaired) electrons. The zero-order valence-electron chi connectivity index (χ0n) is 12.0. The second-order valence-electron chi connectivity index (χ2n) is 4.55. The lowest BCUT2D eigenvalue weighted by Crippen LogP contribution is -2.22. The highest BCUT2D eigenvalue weighted by atomic mass is 32.2. The van der Waals surface area contributed by atoms with Crippen molar-refractivity contribution in [1.29, 1.82) is 0 Å². The van der Waals surface area contributed by atoms with E-state index in [4.69, 9.17) is 10.5 Å². The molecule has 0 bridgehead atoms. The van der Waals surface area contributed by atoms with Crippen LogP contribution >= 0.6 is 11.8 Å². The molecule has 1 unspecified atom stereocenters. The third-order valence-electron chi connectivity index (χ3n) is 2.90. The van der Waals surface area contributed by atoms with Crippen molar-refractivity contribution >= 4 is 29.0 Å². The van der Waals surface area contributed by atoms with Crippen LogP contribution in [-0.4, -0.2) is 18.3 Å². The third-order valence-corrected chi connectivity index (χ3v) is 4.01. The molecule has 0 aliphatic heterocycles. The maximum atomic E-state index is 12.2. The van der Waals surface area contributed by atoms with Crippen molar-refractivity contribution in [2.45, 2.75) is 17.1 Å². The van der Waals surface area contributed by atoms with E-state index in [1.165, 1.54) is 11.8 Å². The van der Waals surface area contributed by atoms with Crippen molar-refractivity contribution in [3.8, 4) is 5.75 Å². The van der Waals surface area contributed by atoms with E-state index in [2.05, 4.69) is 5.32 Å². The largest absolute Gasteiger partial charge is 0.497 e. The Balaban J connectivity index is 1.95. The van der Waals surface area contributed by atoms with Crippen LogP contribution in [0.4, 0.5) is 11.4 Å². The average Bonchev–Trinajstić information content (AvgIpc) is 2.48. The van der Waals surface area contributed by atoms with Gasteiger partial charge in [-0.25, -0.2) is 0 Å². The number of benzene rings is 2. The first-order valence-electron chi connectivity index (χ1n) is 6.55. The highest BCUT2D eigenvalue weighted by Gasteiger charge is 2.14. The number of carbonyl (C=O) groups excluding carboxylic acids is 1. The van der Waals surface area contributed by atoms with E-state index in [1.807, 2.05) is 43.3 Å². The van der Waals surface area contributed by atoms with Crippen LogP contribution < -0.4 is 15.8 Å². The van der Waals surface area contributed by atoms with Crippen molar-refractivity contribution in [2.75, 3.05) is 18.2 Å². The second kappa shape index (κ2) is 7.04. The van der Waals surface area contributed by atoms with E-state index in [9.17, 15) is 4.79 Å². The first kappa shape index (κ1) is 15.3. The Labute approximate surface area is 128 Å². The molecule has 0 fully saturated rings. The Hall–Kier alpha value is -2.14. The summed E-state index contributed by atoms with van der Waals surface area (Å²) in [6, 6.07) is 14.8. The van der Waals surface area contributed by atoms with Crippen molar-refractivity contribution < 1.29 is 9.53 Å². The molecule has 0 saturated carbocycles. The van der Waals surface area contributed by atoms with E-state index >= 15 is 0 Å². The number of nitrogens with one attached hydrogen (secondary N) is 1. The van der Waals surface area contributed by atoms with Gasteiger partial charge in [-0.1, -0.05) is 6.07 Å². The molecule has 2 aromatic rings. The first-order chi connectivity index (χ1) is 10.1. The van der Waals surface area contributed by atoms with Gasteiger partial charge < -0.3 is 15.8 Å². The number of methoxy groups -OCH3 is 1. The number of rotatable bonds is 5. The van der Waals surface area contributed by atoms with Crippen LogP contribution in [0, 0.1) is 0 Å². The van der Waals surface area contributed by atoms with Gasteiger partial charge in [-0.15, -0.1) is 11.8 Å². The summed E-state index contributed by atoms with van der Waals surface area (Å²) in [6.07, 6.45) is 0. The Kier molecular flexibility index (Phi) is 5.11. The van der Waals surface area contributed by atoms with Crippen LogP contribution in [0.25, 0.3) is 0 Å². The quantitative estimate of drug-likeness (QED) is 0.656. The van der Waals surface area contributed by atoms with Crippen LogP contribution in [0.3, 0.4) is 0 Å². The molecule has 2 aromatic carbocycles. The van der Waals surface area contributed by atoms with Crippen molar-refractivity contribution in [3.63, 3.8) is 0 Å². The summed E-state index contributed by atoms with van der Waals surface area (Å²) in [6.45, 7) is 1.87. The summed E-state index contributed by atoms with van der Waals surface area (Å²) < 4.78 is 5.11. The Morgan fingerprint density at radius 2 is 1.95 bits per heavy atom. The van der Waals surface area contributed by atoms with Gasteiger partial charge in [0.25, 0.3) is 0 Å². The van der Waals surface area contributed by atoms with Crippen molar-refractivity contribution in [2.24, 2.45) is 0 Å². The Morgan fingerprint density at radius 3 is 2.57 bits per heavy atom. The molecule has 0 aliphatic carbocycles. The van der Waals surface area contributed by atoms with Crippen LogP contribution in [0.15, 0.2) is 53.4 Å². The van der Waals surface area contributed by atoms with Crippen LogP contribution in [0.1, 0.15) is 6.92 Å². The average molecular weight is 302 g/mol. The van der Waals surface area contributed by atoms with Gasteiger partial charge in [0.05, 0.1) is 12.4 Å². The number of ether oxygens (including phenoxy) is 1. The summed E-state index contributed by atoms with van der Waals surface area (Å²) in [5.74, 6) is 0.748. The number of nitrogens with two attached hydrogens (primary N) is 1. The van der Waals surface area contributed by atoms with Crippen LogP contribution in [0.5, 0.6) is 5.75 Å². The van der Waals surface area contributed by atoms with Gasteiger partial charge in [0.15, 0.2) is 0 Å². The fourth-order valence-electron chi connectivity index (χ4n) is 1.77. The zero-order chi connectivity index (χ0) is 15.2. The number of carbonyl (C=O) groups is 1. The zero-order valence-corrected chi connectivity index (χ0v) is 12.8. The number of anilines is 2. The molecule has 1 atom stereocenters. The fourth-order valence-corrected chi connectivity index (χ4v) is 2.64. The smallest absolute Gasteiger partial charge is 0.237 e. The van der Waals surface area contributed by atoms with Crippen molar-refractivity contribution in [1.82, 2.24) is 0 Å². The lowest BCUT2D eigenvalue weighted by molar-refractivity contribution is -0.115. The van der Waals surface area contributed by atoms with E-state index in [0.29, 0.717) is 11.4 Å². The summed E-state index contributed by atoms with van der Waals surface area (Å²) in [4.78, 5) is 13.2. The normalized spacial score (nSPS) is 11.7. The molecule has 3 N–H and O–H groups in total. The standard InChI is InChI=1S/C16H18N2O2S/c1-11(21-15-8-6-14(20-2)7-9-15)16(19)18-13-5-3-4-12(17)10-13/h3-11H,17H2,1-2H3,(H,18,19). The topological polar surface area (TPSA) is 64.3 Å². The lowest BCUT2D eigenvalue weighted by atomic mass is 10.3. The summed E-state index contributed by atoms with van der Waals surface area (Å²) >= 11 is 1.50. The molecule has 0 aromatic heterocycles. The maximum Gasteiger partial charge on any atom is 0.237 e. The van der Waals surface area contributed by atoms with E-state index in [1.54, 1.807) is 19.2 Å². The van der Waals surface area contributed by atoms with E-state index in [0.717, 1.165) is 10.6 Å². The molecule has 4 nitrogen and oxygen atoms in total. The van der Waals surface area contributed by atoms with Gasteiger partial charge in [-0.3, -0.25) is 4.79 Å². The number of hydrogen-bond donors (Lipinski definition) is 2. The van der Waals surface area contributed by atoms with Gasteiger partial charge in [-0.05, 0) is 49.4 Å². The Morgan fingerprint density at radius 1 is 1.24 bits per heavy atom. The predicted octanol–water partition coefficient (Wildman–Crippen LogP) is 3.40. The minimum absolute atomic E-state index is 0.0542. The van der Waals surface area contributed by atoms with Gasteiger partial charge in [0, 0.05) is 16.3 Å². The van der Waals surface area contributed by atoms with Crippen LogP contribution in [-0.2, 0) is 4.79 Å². The molecule has 110 valence electrons. The molecule has 0 aliphatic rings. The number of thioether (sulfide) groups is 1. The van der Waals surface area contributed by atoms with Gasteiger partial charge in [0.2, 0.25) is 5.91 Å². The van der Waals surface area contributed by atoms with Gasteiger partial charge in [0.1, 0.15) is 5.75 Å². The van der Waals surface area contributed by atoms with E-state index < -0.39 is 0 Å². The molecule has 21 heavy (non-hydrogen) atoms. The lowest BCUT2D eigenvalue weighted by Gasteiger charge is -2.12. The third kappa shape index (κ3) is 4.43. The molecule has 1 amide bonds. The minimum atomic E-state index is -0.208. The minimum Gasteiger partial charge on any atom is -0.497 e. The van der Waals surface area contributed by atoms with Crippen LogP contribution in [0.2, 0.25) is 0 Å². The number of hydrogen-bond acceptors (Lipinski definition) is 4. The molecule has 0 saturated heterocycles. The molecule has 2 rings (SSSR count). The molecule has 0 heterocycles. The second-order valence-corrected chi connectivity index (χ2v) is 5.96. The first-order valence-corrected chi connectivity index (χ1v) is 7.43. The highest BCUT2D eigenvalue weighted by molar-refractivity contribution is 8.00. The number of amides is 1. The van der Waals surface area contributed by atoms with E-state index in [-0.39, 0.29) is 11.2 Å². The molecular weight excluding hydrogens is 284 g/mol.